The van der Waals surface area contributed by atoms with Crippen LogP contribution >= 0.6 is 0 Å². The second-order valence-corrected chi connectivity index (χ2v) is 5.37. The van der Waals surface area contributed by atoms with Crippen molar-refractivity contribution in [2.75, 3.05) is 17.7 Å². The minimum absolute atomic E-state index is 0.0396. The van der Waals surface area contributed by atoms with Gasteiger partial charge in [-0.15, -0.1) is 0 Å². The zero-order valence-electron chi connectivity index (χ0n) is 13.6. The molecule has 0 atom stereocenters. The second-order valence-electron chi connectivity index (χ2n) is 5.37. The molecule has 0 spiro atoms. The highest BCUT2D eigenvalue weighted by atomic mass is 19.1. The van der Waals surface area contributed by atoms with E-state index in [1.807, 2.05) is 42.5 Å². The van der Waals surface area contributed by atoms with Crippen LogP contribution in [0.5, 0.6) is 5.75 Å². The molecule has 126 valence electrons. The molecule has 25 heavy (non-hydrogen) atoms. The maximum absolute atomic E-state index is 14.0. The van der Waals surface area contributed by atoms with Gasteiger partial charge >= 0.3 is 0 Å². The number of nitrogens with one attached hydrogen (secondary N) is 2. The van der Waals surface area contributed by atoms with Crippen LogP contribution in [0.4, 0.5) is 21.5 Å². The van der Waals surface area contributed by atoms with Gasteiger partial charge in [-0.25, -0.2) is 4.39 Å². The van der Waals surface area contributed by atoms with Crippen molar-refractivity contribution in [3.63, 3.8) is 0 Å². The smallest absolute Gasteiger partial charge is 0.258 e. The molecule has 2 N–H and O–H groups in total. The van der Waals surface area contributed by atoms with E-state index in [0.717, 1.165) is 11.4 Å². The Morgan fingerprint density at radius 3 is 2.32 bits per heavy atom. The highest BCUT2D eigenvalue weighted by Gasteiger charge is 2.13. The molecule has 1 amide bonds. The van der Waals surface area contributed by atoms with Crippen molar-refractivity contribution >= 4 is 23.0 Å². The van der Waals surface area contributed by atoms with Crippen molar-refractivity contribution in [2.24, 2.45) is 0 Å². The average Bonchev–Trinajstić information content (AvgIpc) is 2.62. The van der Waals surface area contributed by atoms with Crippen LogP contribution in [0.15, 0.2) is 72.8 Å². The van der Waals surface area contributed by atoms with Gasteiger partial charge in [-0.05, 0) is 42.5 Å². The molecular weight excluding hydrogens is 319 g/mol. The zero-order valence-corrected chi connectivity index (χ0v) is 13.6. The minimum Gasteiger partial charge on any atom is -0.497 e. The van der Waals surface area contributed by atoms with Crippen molar-refractivity contribution in [2.45, 2.75) is 0 Å². The normalized spacial score (nSPS) is 10.2. The fraction of sp³-hybridized carbons (Fsp3) is 0.0500. The predicted octanol–water partition coefficient (Wildman–Crippen LogP) is 4.83. The Morgan fingerprint density at radius 1 is 0.880 bits per heavy atom. The molecular formula is C20H17FN2O2. The summed E-state index contributed by atoms with van der Waals surface area (Å²) in [6, 6.07) is 21.0. The molecule has 0 radical (unpaired) electrons. The number of halogens is 1. The molecule has 0 heterocycles. The van der Waals surface area contributed by atoms with Crippen LogP contribution in [0, 0.1) is 5.82 Å². The Kier molecular flexibility index (Phi) is 4.95. The summed E-state index contributed by atoms with van der Waals surface area (Å²) in [5.41, 5.74) is 2.29. The van der Waals surface area contributed by atoms with E-state index < -0.39 is 11.7 Å². The van der Waals surface area contributed by atoms with Gasteiger partial charge in [0.1, 0.15) is 11.6 Å². The van der Waals surface area contributed by atoms with Gasteiger partial charge in [-0.3, -0.25) is 4.79 Å². The summed E-state index contributed by atoms with van der Waals surface area (Å²) in [5, 5.41) is 5.94. The molecule has 0 aliphatic carbocycles. The van der Waals surface area contributed by atoms with Gasteiger partial charge in [0.05, 0.1) is 12.7 Å². The zero-order chi connectivity index (χ0) is 17.6. The molecule has 4 nitrogen and oxygen atoms in total. The average molecular weight is 336 g/mol. The van der Waals surface area contributed by atoms with Crippen LogP contribution in [-0.4, -0.2) is 13.0 Å². The highest BCUT2D eigenvalue weighted by molar-refractivity contribution is 6.04. The number of carbonyl (C=O) groups excluding carboxylic acids is 1. The summed E-state index contributed by atoms with van der Waals surface area (Å²) < 4.78 is 18.9. The number of para-hydroxylation sites is 1. The van der Waals surface area contributed by atoms with Gasteiger partial charge in [0.15, 0.2) is 0 Å². The molecule has 0 aliphatic heterocycles. The first-order chi connectivity index (χ1) is 12.2. The van der Waals surface area contributed by atoms with E-state index in [1.165, 1.54) is 19.2 Å². The number of amides is 1. The van der Waals surface area contributed by atoms with Crippen LogP contribution in [0.2, 0.25) is 0 Å². The largest absolute Gasteiger partial charge is 0.497 e. The number of hydrogen-bond donors (Lipinski definition) is 2. The second kappa shape index (κ2) is 7.49. The molecule has 3 aromatic carbocycles. The number of anilines is 3. The topological polar surface area (TPSA) is 50.4 Å². The predicted molar refractivity (Wildman–Crippen MR) is 97.1 cm³/mol. The third-order valence-electron chi connectivity index (χ3n) is 3.60. The quantitative estimate of drug-likeness (QED) is 0.701. The third kappa shape index (κ3) is 4.14. The van der Waals surface area contributed by atoms with Crippen LogP contribution in [0.1, 0.15) is 10.4 Å². The number of carbonyl (C=O) groups is 1. The monoisotopic (exact) mass is 336 g/mol. The van der Waals surface area contributed by atoms with Gasteiger partial charge < -0.3 is 15.4 Å². The van der Waals surface area contributed by atoms with E-state index in [1.54, 1.807) is 18.2 Å². The lowest BCUT2D eigenvalue weighted by Crippen LogP contribution is -2.13. The van der Waals surface area contributed by atoms with Crippen molar-refractivity contribution < 1.29 is 13.9 Å². The summed E-state index contributed by atoms with van der Waals surface area (Å²) >= 11 is 0. The molecule has 5 heteroatoms. The van der Waals surface area contributed by atoms with E-state index in [4.69, 9.17) is 4.74 Å². The van der Waals surface area contributed by atoms with E-state index >= 15 is 0 Å². The standard InChI is InChI=1S/C20H17FN2O2/c1-25-17-10-11-18(19(21)13-17)20(24)23-16-9-5-8-15(12-16)22-14-6-3-2-4-7-14/h2-13,22H,1H3,(H,23,24). The molecule has 0 aromatic heterocycles. The maximum Gasteiger partial charge on any atom is 0.258 e. The number of benzene rings is 3. The van der Waals surface area contributed by atoms with Gasteiger partial charge in [-0.2, -0.15) is 0 Å². The molecule has 0 aliphatic rings. The lowest BCUT2D eigenvalue weighted by Gasteiger charge is -2.10. The SMILES string of the molecule is COc1ccc(C(=O)Nc2cccc(Nc3ccccc3)c2)c(F)c1. The summed E-state index contributed by atoms with van der Waals surface area (Å²) in [6.45, 7) is 0. The molecule has 0 fully saturated rings. The van der Waals surface area contributed by atoms with E-state index in [2.05, 4.69) is 10.6 Å². The van der Waals surface area contributed by atoms with Gasteiger partial charge in [0, 0.05) is 23.1 Å². The summed E-state index contributed by atoms with van der Waals surface area (Å²) in [4.78, 5) is 12.3. The molecule has 3 rings (SSSR count). The van der Waals surface area contributed by atoms with Crippen molar-refractivity contribution in [3.8, 4) is 5.75 Å². The Morgan fingerprint density at radius 2 is 1.60 bits per heavy atom. The fourth-order valence-corrected chi connectivity index (χ4v) is 2.37. The Labute approximate surface area is 145 Å². The van der Waals surface area contributed by atoms with Crippen molar-refractivity contribution in [1.29, 1.82) is 0 Å². The number of ether oxygens (including phenoxy) is 1. The van der Waals surface area contributed by atoms with Gasteiger partial charge in [0.2, 0.25) is 0 Å². The van der Waals surface area contributed by atoms with Gasteiger partial charge in [-0.1, -0.05) is 24.3 Å². The van der Waals surface area contributed by atoms with Gasteiger partial charge in [0.25, 0.3) is 5.91 Å². The lowest BCUT2D eigenvalue weighted by molar-refractivity contribution is 0.102. The van der Waals surface area contributed by atoms with Crippen molar-refractivity contribution in [1.82, 2.24) is 0 Å². The first kappa shape index (κ1) is 16.5. The van der Waals surface area contributed by atoms with Crippen LogP contribution in [0.25, 0.3) is 0 Å². The Hall–Kier alpha value is -3.34. The first-order valence-corrected chi connectivity index (χ1v) is 7.73. The minimum atomic E-state index is -0.629. The van der Waals surface area contributed by atoms with Crippen LogP contribution < -0.4 is 15.4 Å². The lowest BCUT2D eigenvalue weighted by atomic mass is 10.1. The Bertz CT molecular complexity index is 882. The molecule has 0 unspecified atom stereocenters. The maximum atomic E-state index is 14.0. The highest BCUT2D eigenvalue weighted by Crippen LogP contribution is 2.22. The Balaban J connectivity index is 1.74. The third-order valence-corrected chi connectivity index (χ3v) is 3.60. The van der Waals surface area contributed by atoms with E-state index in [9.17, 15) is 9.18 Å². The van der Waals surface area contributed by atoms with E-state index in [-0.39, 0.29) is 5.56 Å². The van der Waals surface area contributed by atoms with Crippen LogP contribution in [0.3, 0.4) is 0 Å². The van der Waals surface area contributed by atoms with Crippen molar-refractivity contribution in [3.05, 3.63) is 84.2 Å². The fourth-order valence-electron chi connectivity index (χ4n) is 2.37. The number of hydrogen-bond acceptors (Lipinski definition) is 3. The number of methoxy groups -OCH3 is 1. The number of rotatable bonds is 5. The molecule has 0 bridgehead atoms. The summed E-state index contributed by atoms with van der Waals surface area (Å²) in [6.07, 6.45) is 0. The summed E-state index contributed by atoms with van der Waals surface area (Å²) in [5.74, 6) is -0.782. The van der Waals surface area contributed by atoms with E-state index in [0.29, 0.717) is 11.4 Å². The summed E-state index contributed by atoms with van der Waals surface area (Å²) in [7, 11) is 1.44. The first-order valence-electron chi connectivity index (χ1n) is 7.73. The van der Waals surface area contributed by atoms with Crippen LogP contribution in [-0.2, 0) is 0 Å². The molecule has 0 saturated heterocycles. The molecule has 0 saturated carbocycles. The molecule has 3 aromatic rings.